The summed E-state index contributed by atoms with van der Waals surface area (Å²) in [4.78, 5) is 0. The highest BCUT2D eigenvalue weighted by Crippen LogP contribution is 2.22. The fraction of sp³-hybridized carbons (Fsp3) is 1.00. The molecule has 4 heteroatoms. The lowest BCUT2D eigenvalue weighted by Gasteiger charge is -2.36. The number of hydrogen-bond donors (Lipinski definition) is 2. The van der Waals surface area contributed by atoms with E-state index in [-0.39, 0.29) is 12.2 Å². The SMILES string of the molecule is CCCC[C@@H](C)OC1OC(C)C(O)CC1O. The molecule has 0 aromatic rings. The van der Waals surface area contributed by atoms with Crippen molar-refractivity contribution in [1.82, 2.24) is 0 Å². The van der Waals surface area contributed by atoms with Crippen molar-refractivity contribution in [1.29, 1.82) is 0 Å². The third-order valence-electron chi connectivity index (χ3n) is 3.02. The fourth-order valence-corrected chi connectivity index (χ4v) is 1.85. The van der Waals surface area contributed by atoms with Gasteiger partial charge in [-0.3, -0.25) is 0 Å². The van der Waals surface area contributed by atoms with Gasteiger partial charge in [0, 0.05) is 6.42 Å². The Bertz CT molecular complexity index is 197. The van der Waals surface area contributed by atoms with Crippen molar-refractivity contribution in [3.05, 3.63) is 0 Å². The van der Waals surface area contributed by atoms with Gasteiger partial charge in [-0.05, 0) is 20.3 Å². The monoisotopic (exact) mass is 232 g/mol. The summed E-state index contributed by atoms with van der Waals surface area (Å²) in [6.45, 7) is 5.92. The van der Waals surface area contributed by atoms with Crippen molar-refractivity contribution >= 4 is 0 Å². The van der Waals surface area contributed by atoms with E-state index in [1.165, 1.54) is 0 Å². The van der Waals surface area contributed by atoms with Crippen LogP contribution in [0, 0.1) is 0 Å². The molecule has 0 spiro atoms. The molecule has 5 atom stereocenters. The Balaban J connectivity index is 2.35. The highest BCUT2D eigenvalue weighted by molar-refractivity contribution is 4.78. The summed E-state index contributed by atoms with van der Waals surface area (Å²) in [6.07, 6.45) is 1.45. The van der Waals surface area contributed by atoms with Crippen LogP contribution in [0.5, 0.6) is 0 Å². The number of rotatable bonds is 5. The topological polar surface area (TPSA) is 58.9 Å². The quantitative estimate of drug-likeness (QED) is 0.753. The molecule has 1 fully saturated rings. The molecule has 1 aliphatic rings. The molecule has 1 aliphatic heterocycles. The number of aliphatic hydroxyl groups is 2. The van der Waals surface area contributed by atoms with Crippen LogP contribution < -0.4 is 0 Å². The smallest absolute Gasteiger partial charge is 0.184 e. The zero-order chi connectivity index (χ0) is 12.1. The minimum Gasteiger partial charge on any atom is -0.390 e. The molecular formula is C12H24O4. The Morgan fingerprint density at radius 1 is 1.38 bits per heavy atom. The van der Waals surface area contributed by atoms with Gasteiger partial charge in [-0.1, -0.05) is 19.8 Å². The third-order valence-corrected chi connectivity index (χ3v) is 3.02. The van der Waals surface area contributed by atoms with Crippen LogP contribution in [0.4, 0.5) is 0 Å². The van der Waals surface area contributed by atoms with E-state index in [1.54, 1.807) is 6.92 Å². The largest absolute Gasteiger partial charge is 0.390 e. The highest BCUT2D eigenvalue weighted by atomic mass is 16.7. The maximum atomic E-state index is 9.72. The van der Waals surface area contributed by atoms with Gasteiger partial charge in [-0.2, -0.15) is 0 Å². The molecule has 1 heterocycles. The number of hydrogen-bond acceptors (Lipinski definition) is 4. The van der Waals surface area contributed by atoms with Crippen LogP contribution in [0.15, 0.2) is 0 Å². The Morgan fingerprint density at radius 3 is 2.69 bits per heavy atom. The lowest BCUT2D eigenvalue weighted by atomic mass is 10.0. The van der Waals surface area contributed by atoms with Crippen molar-refractivity contribution in [2.45, 2.75) is 77.2 Å². The molecule has 0 aliphatic carbocycles. The first kappa shape index (κ1) is 13.9. The van der Waals surface area contributed by atoms with E-state index in [0.717, 1.165) is 19.3 Å². The van der Waals surface area contributed by atoms with Crippen LogP contribution in [-0.2, 0) is 9.47 Å². The molecule has 96 valence electrons. The third kappa shape index (κ3) is 4.01. The van der Waals surface area contributed by atoms with E-state index in [1.807, 2.05) is 6.92 Å². The summed E-state index contributed by atoms with van der Waals surface area (Å²) < 4.78 is 11.1. The normalized spacial score (nSPS) is 37.3. The first-order chi connectivity index (χ1) is 7.54. The molecule has 1 rings (SSSR count). The van der Waals surface area contributed by atoms with E-state index in [4.69, 9.17) is 9.47 Å². The highest BCUT2D eigenvalue weighted by Gasteiger charge is 2.35. The summed E-state index contributed by atoms with van der Waals surface area (Å²) in [5, 5.41) is 19.2. The summed E-state index contributed by atoms with van der Waals surface area (Å²) in [6, 6.07) is 0. The van der Waals surface area contributed by atoms with Crippen LogP contribution in [0.3, 0.4) is 0 Å². The molecule has 16 heavy (non-hydrogen) atoms. The van der Waals surface area contributed by atoms with E-state index in [0.29, 0.717) is 6.42 Å². The van der Waals surface area contributed by atoms with Gasteiger partial charge >= 0.3 is 0 Å². The zero-order valence-electron chi connectivity index (χ0n) is 10.4. The molecule has 0 saturated carbocycles. The lowest BCUT2D eigenvalue weighted by molar-refractivity contribution is -0.273. The summed E-state index contributed by atoms with van der Waals surface area (Å²) in [7, 11) is 0. The second-order valence-corrected chi connectivity index (χ2v) is 4.67. The van der Waals surface area contributed by atoms with E-state index < -0.39 is 18.5 Å². The first-order valence-corrected chi connectivity index (χ1v) is 6.21. The van der Waals surface area contributed by atoms with E-state index in [9.17, 15) is 10.2 Å². The second kappa shape index (κ2) is 6.55. The average molecular weight is 232 g/mol. The molecule has 0 aromatic carbocycles. The van der Waals surface area contributed by atoms with Crippen LogP contribution in [-0.4, -0.2) is 40.9 Å². The Kier molecular flexibility index (Phi) is 5.69. The predicted octanol–water partition coefficient (Wildman–Crippen LogP) is 1.44. The van der Waals surface area contributed by atoms with Crippen molar-refractivity contribution in [3.8, 4) is 0 Å². The van der Waals surface area contributed by atoms with Gasteiger partial charge in [0.25, 0.3) is 0 Å². The van der Waals surface area contributed by atoms with Crippen LogP contribution in [0.2, 0.25) is 0 Å². The molecule has 0 aromatic heterocycles. The average Bonchev–Trinajstić information content (AvgIpc) is 2.23. The molecule has 0 amide bonds. The standard InChI is InChI=1S/C12H24O4/c1-4-5-6-8(2)15-12-11(14)7-10(13)9(3)16-12/h8-14H,4-7H2,1-3H3/t8-,9?,10?,11?,12?/m1/s1. The van der Waals surface area contributed by atoms with Gasteiger partial charge in [0.05, 0.1) is 18.3 Å². The molecule has 4 unspecified atom stereocenters. The van der Waals surface area contributed by atoms with E-state index >= 15 is 0 Å². The number of ether oxygens (including phenoxy) is 2. The van der Waals surface area contributed by atoms with Crippen molar-refractivity contribution < 1.29 is 19.7 Å². The minimum atomic E-state index is -0.727. The molecular weight excluding hydrogens is 208 g/mol. The fourth-order valence-electron chi connectivity index (χ4n) is 1.85. The van der Waals surface area contributed by atoms with Gasteiger partial charge < -0.3 is 19.7 Å². The molecule has 2 N–H and O–H groups in total. The molecule has 1 saturated heterocycles. The summed E-state index contributed by atoms with van der Waals surface area (Å²) in [5.74, 6) is 0. The van der Waals surface area contributed by atoms with Gasteiger partial charge in [-0.25, -0.2) is 0 Å². The predicted molar refractivity (Wildman–Crippen MR) is 61.0 cm³/mol. The Morgan fingerprint density at radius 2 is 2.06 bits per heavy atom. The maximum Gasteiger partial charge on any atom is 0.184 e. The maximum absolute atomic E-state index is 9.72. The van der Waals surface area contributed by atoms with Crippen LogP contribution in [0.1, 0.15) is 46.5 Å². The van der Waals surface area contributed by atoms with Crippen LogP contribution in [0.25, 0.3) is 0 Å². The number of aliphatic hydroxyl groups excluding tert-OH is 2. The number of unbranched alkanes of at least 4 members (excludes halogenated alkanes) is 1. The van der Waals surface area contributed by atoms with Gasteiger partial charge in [-0.15, -0.1) is 0 Å². The van der Waals surface area contributed by atoms with Crippen molar-refractivity contribution in [2.24, 2.45) is 0 Å². The molecule has 0 radical (unpaired) electrons. The Hall–Kier alpha value is -0.160. The first-order valence-electron chi connectivity index (χ1n) is 6.21. The van der Waals surface area contributed by atoms with Gasteiger partial charge in [0.1, 0.15) is 6.10 Å². The van der Waals surface area contributed by atoms with Crippen molar-refractivity contribution in [2.75, 3.05) is 0 Å². The van der Waals surface area contributed by atoms with Gasteiger partial charge in [0.2, 0.25) is 0 Å². The molecule has 4 nitrogen and oxygen atoms in total. The zero-order valence-corrected chi connectivity index (χ0v) is 10.4. The summed E-state index contributed by atoms with van der Waals surface area (Å²) in [5.41, 5.74) is 0. The molecule has 0 bridgehead atoms. The van der Waals surface area contributed by atoms with Gasteiger partial charge in [0.15, 0.2) is 6.29 Å². The lowest BCUT2D eigenvalue weighted by Crippen LogP contribution is -2.48. The van der Waals surface area contributed by atoms with Crippen molar-refractivity contribution in [3.63, 3.8) is 0 Å². The summed E-state index contributed by atoms with van der Waals surface area (Å²) >= 11 is 0. The minimum absolute atomic E-state index is 0.0852. The second-order valence-electron chi connectivity index (χ2n) is 4.67. The Labute approximate surface area is 97.6 Å². The van der Waals surface area contributed by atoms with E-state index in [2.05, 4.69) is 6.92 Å². The van der Waals surface area contributed by atoms with Crippen LogP contribution >= 0.6 is 0 Å².